The maximum atomic E-state index is 5.63. The Morgan fingerprint density at radius 2 is 2.25 bits per heavy atom. The molecule has 0 unspecified atom stereocenters. The van der Waals surface area contributed by atoms with Gasteiger partial charge in [-0.3, -0.25) is 0 Å². The standard InChI is InChI=1S/C10H15NO/c1-12-7-3-5-9-4-2-6-10(11)8-9/h2,4,6,8H,3,5,7,11H2,1H3. The highest BCUT2D eigenvalue weighted by Crippen LogP contribution is 2.08. The van der Waals surface area contributed by atoms with Gasteiger partial charge in [-0.1, -0.05) is 12.1 Å². The molecule has 0 aliphatic rings. The average molecular weight is 165 g/mol. The number of benzene rings is 1. The summed E-state index contributed by atoms with van der Waals surface area (Å²) in [6.07, 6.45) is 2.10. The molecule has 2 heteroatoms. The van der Waals surface area contributed by atoms with E-state index in [9.17, 15) is 0 Å². The molecule has 0 aliphatic carbocycles. The second kappa shape index (κ2) is 4.78. The molecule has 1 aromatic rings. The summed E-state index contributed by atoms with van der Waals surface area (Å²) < 4.78 is 4.96. The van der Waals surface area contributed by atoms with Crippen LogP contribution in [-0.2, 0) is 11.2 Å². The van der Waals surface area contributed by atoms with Crippen molar-refractivity contribution in [3.63, 3.8) is 0 Å². The van der Waals surface area contributed by atoms with E-state index in [1.807, 2.05) is 18.2 Å². The minimum absolute atomic E-state index is 0.814. The van der Waals surface area contributed by atoms with Crippen molar-refractivity contribution in [1.29, 1.82) is 0 Å². The molecule has 0 fully saturated rings. The molecular formula is C10H15NO. The van der Waals surface area contributed by atoms with Crippen LogP contribution in [0.5, 0.6) is 0 Å². The van der Waals surface area contributed by atoms with E-state index in [1.54, 1.807) is 7.11 Å². The van der Waals surface area contributed by atoms with E-state index in [1.165, 1.54) is 5.56 Å². The van der Waals surface area contributed by atoms with Crippen molar-refractivity contribution in [3.05, 3.63) is 29.8 Å². The molecule has 1 aromatic carbocycles. The first-order valence-corrected chi connectivity index (χ1v) is 4.16. The summed E-state index contributed by atoms with van der Waals surface area (Å²) in [5.74, 6) is 0. The third-order valence-electron chi connectivity index (χ3n) is 1.76. The van der Waals surface area contributed by atoms with Gasteiger partial charge in [-0.2, -0.15) is 0 Å². The summed E-state index contributed by atoms with van der Waals surface area (Å²) in [7, 11) is 1.72. The van der Waals surface area contributed by atoms with Crippen molar-refractivity contribution in [3.8, 4) is 0 Å². The van der Waals surface area contributed by atoms with Crippen molar-refractivity contribution in [1.82, 2.24) is 0 Å². The Labute approximate surface area is 73.3 Å². The fourth-order valence-corrected chi connectivity index (χ4v) is 1.17. The molecule has 0 bridgehead atoms. The van der Waals surface area contributed by atoms with Crippen LogP contribution >= 0.6 is 0 Å². The zero-order valence-corrected chi connectivity index (χ0v) is 7.42. The topological polar surface area (TPSA) is 35.2 Å². The van der Waals surface area contributed by atoms with Crippen molar-refractivity contribution in [2.45, 2.75) is 12.8 Å². The number of nitrogens with two attached hydrogens (primary N) is 1. The van der Waals surface area contributed by atoms with E-state index in [0.29, 0.717) is 0 Å². The van der Waals surface area contributed by atoms with Gasteiger partial charge in [0, 0.05) is 19.4 Å². The van der Waals surface area contributed by atoms with Crippen LogP contribution in [0, 0.1) is 0 Å². The van der Waals surface area contributed by atoms with Crippen molar-refractivity contribution in [2.75, 3.05) is 19.5 Å². The zero-order chi connectivity index (χ0) is 8.81. The van der Waals surface area contributed by atoms with E-state index < -0.39 is 0 Å². The Bertz CT molecular complexity index is 235. The van der Waals surface area contributed by atoms with E-state index in [0.717, 1.165) is 25.1 Å². The predicted molar refractivity (Wildman–Crippen MR) is 51.1 cm³/mol. The molecule has 0 heterocycles. The minimum atomic E-state index is 0.814. The van der Waals surface area contributed by atoms with Crippen molar-refractivity contribution >= 4 is 5.69 Å². The SMILES string of the molecule is COCCCc1cccc(N)c1. The van der Waals surface area contributed by atoms with Crippen LogP contribution in [0.25, 0.3) is 0 Å². The number of nitrogen functional groups attached to an aromatic ring is 1. The third kappa shape index (κ3) is 2.93. The number of ether oxygens (including phenoxy) is 1. The molecule has 2 N–H and O–H groups in total. The smallest absolute Gasteiger partial charge is 0.0465 e. The lowest BCUT2D eigenvalue weighted by molar-refractivity contribution is 0.195. The Balaban J connectivity index is 2.41. The Morgan fingerprint density at radius 3 is 2.92 bits per heavy atom. The summed E-state index contributed by atoms with van der Waals surface area (Å²) in [4.78, 5) is 0. The van der Waals surface area contributed by atoms with Crippen LogP contribution < -0.4 is 5.73 Å². The van der Waals surface area contributed by atoms with Crippen LogP contribution in [0.4, 0.5) is 5.69 Å². The first-order valence-electron chi connectivity index (χ1n) is 4.16. The third-order valence-corrected chi connectivity index (χ3v) is 1.76. The van der Waals surface area contributed by atoms with Crippen LogP contribution in [0.3, 0.4) is 0 Å². The molecule has 0 saturated heterocycles. The van der Waals surface area contributed by atoms with Gasteiger partial charge in [-0.05, 0) is 30.5 Å². The van der Waals surface area contributed by atoms with Gasteiger partial charge in [-0.15, -0.1) is 0 Å². The van der Waals surface area contributed by atoms with Gasteiger partial charge in [0.05, 0.1) is 0 Å². The number of aryl methyl sites for hydroxylation is 1. The van der Waals surface area contributed by atoms with E-state index in [4.69, 9.17) is 10.5 Å². The molecule has 0 radical (unpaired) electrons. The molecule has 1 rings (SSSR count). The first kappa shape index (κ1) is 9.07. The molecule has 0 atom stereocenters. The highest BCUT2D eigenvalue weighted by atomic mass is 16.5. The second-order valence-corrected chi connectivity index (χ2v) is 2.84. The van der Waals surface area contributed by atoms with Crippen LogP contribution in [0.2, 0.25) is 0 Å². The molecule has 66 valence electrons. The molecule has 2 nitrogen and oxygen atoms in total. The molecule has 0 saturated carbocycles. The zero-order valence-electron chi connectivity index (χ0n) is 7.42. The maximum absolute atomic E-state index is 5.63. The normalized spacial score (nSPS) is 10.1. The van der Waals surface area contributed by atoms with Crippen LogP contribution in [0.1, 0.15) is 12.0 Å². The Hall–Kier alpha value is -1.02. The minimum Gasteiger partial charge on any atom is -0.399 e. The lowest BCUT2D eigenvalue weighted by Crippen LogP contribution is -1.93. The van der Waals surface area contributed by atoms with E-state index in [2.05, 4.69) is 6.07 Å². The molecule has 0 aliphatic heterocycles. The summed E-state index contributed by atoms with van der Waals surface area (Å²) in [5.41, 5.74) is 7.75. The number of anilines is 1. The van der Waals surface area contributed by atoms with Gasteiger partial charge < -0.3 is 10.5 Å². The van der Waals surface area contributed by atoms with Crippen LogP contribution in [-0.4, -0.2) is 13.7 Å². The lowest BCUT2D eigenvalue weighted by Gasteiger charge is -2.01. The molecule has 0 amide bonds. The number of rotatable bonds is 4. The van der Waals surface area contributed by atoms with Gasteiger partial charge in [0.2, 0.25) is 0 Å². The fraction of sp³-hybridized carbons (Fsp3) is 0.400. The van der Waals surface area contributed by atoms with Gasteiger partial charge >= 0.3 is 0 Å². The number of methoxy groups -OCH3 is 1. The van der Waals surface area contributed by atoms with Crippen molar-refractivity contribution < 1.29 is 4.74 Å². The number of hydrogen-bond donors (Lipinski definition) is 1. The maximum Gasteiger partial charge on any atom is 0.0465 e. The monoisotopic (exact) mass is 165 g/mol. The lowest BCUT2D eigenvalue weighted by atomic mass is 10.1. The predicted octanol–water partition coefficient (Wildman–Crippen LogP) is 1.85. The Morgan fingerprint density at radius 1 is 1.42 bits per heavy atom. The van der Waals surface area contributed by atoms with Gasteiger partial charge in [0.15, 0.2) is 0 Å². The summed E-state index contributed by atoms with van der Waals surface area (Å²) in [5, 5.41) is 0. The van der Waals surface area contributed by atoms with Gasteiger partial charge in [0.25, 0.3) is 0 Å². The average Bonchev–Trinajstić information content (AvgIpc) is 2.05. The van der Waals surface area contributed by atoms with E-state index in [-0.39, 0.29) is 0 Å². The van der Waals surface area contributed by atoms with Crippen LogP contribution in [0.15, 0.2) is 24.3 Å². The molecule has 0 spiro atoms. The second-order valence-electron chi connectivity index (χ2n) is 2.84. The largest absolute Gasteiger partial charge is 0.399 e. The summed E-state index contributed by atoms with van der Waals surface area (Å²) >= 11 is 0. The Kier molecular flexibility index (Phi) is 3.61. The summed E-state index contributed by atoms with van der Waals surface area (Å²) in [6, 6.07) is 7.99. The highest BCUT2D eigenvalue weighted by Gasteiger charge is 1.92. The van der Waals surface area contributed by atoms with E-state index >= 15 is 0 Å². The van der Waals surface area contributed by atoms with Gasteiger partial charge in [0.1, 0.15) is 0 Å². The fourth-order valence-electron chi connectivity index (χ4n) is 1.17. The molecular weight excluding hydrogens is 150 g/mol. The first-order chi connectivity index (χ1) is 5.83. The summed E-state index contributed by atoms with van der Waals surface area (Å²) in [6.45, 7) is 0.814. The van der Waals surface area contributed by atoms with Crippen molar-refractivity contribution in [2.24, 2.45) is 0 Å². The molecule has 12 heavy (non-hydrogen) atoms. The van der Waals surface area contributed by atoms with Gasteiger partial charge in [-0.25, -0.2) is 0 Å². The number of hydrogen-bond acceptors (Lipinski definition) is 2. The quantitative estimate of drug-likeness (QED) is 0.546. The highest BCUT2D eigenvalue weighted by molar-refractivity contribution is 5.40. The molecule has 0 aromatic heterocycles.